The van der Waals surface area contributed by atoms with Gasteiger partial charge < -0.3 is 20.1 Å². The minimum Gasteiger partial charge on any atom is -0.486 e. The van der Waals surface area contributed by atoms with Crippen LogP contribution >= 0.6 is 12.2 Å². The maximum atomic E-state index is 12.6. The lowest BCUT2D eigenvalue weighted by atomic mass is 10.3. The minimum atomic E-state index is -3.74. The molecule has 144 valence electrons. The molecule has 0 radical (unpaired) electrons. The fourth-order valence-electron chi connectivity index (χ4n) is 2.46. The molecule has 0 aliphatic carbocycles. The summed E-state index contributed by atoms with van der Waals surface area (Å²) < 4.78 is 38.6. The maximum absolute atomic E-state index is 12.6. The van der Waals surface area contributed by atoms with Gasteiger partial charge in [0, 0.05) is 23.5 Å². The van der Waals surface area contributed by atoms with Crippen LogP contribution in [0.3, 0.4) is 0 Å². The number of hydrogen-bond acceptors (Lipinski definition) is 5. The van der Waals surface area contributed by atoms with Gasteiger partial charge in [-0.15, -0.1) is 0 Å². The van der Waals surface area contributed by atoms with Gasteiger partial charge in [-0.3, -0.25) is 4.72 Å². The van der Waals surface area contributed by atoms with Crippen LogP contribution in [0.25, 0.3) is 0 Å². The van der Waals surface area contributed by atoms with Gasteiger partial charge >= 0.3 is 0 Å². The van der Waals surface area contributed by atoms with Crippen molar-refractivity contribution in [3.05, 3.63) is 42.5 Å². The lowest BCUT2D eigenvalue weighted by Crippen LogP contribution is -2.33. The molecule has 3 N–H and O–H groups in total. The molecule has 0 saturated heterocycles. The lowest BCUT2D eigenvalue weighted by Gasteiger charge is -2.19. The molecule has 0 amide bonds. The van der Waals surface area contributed by atoms with Crippen LogP contribution in [0.4, 0.5) is 11.4 Å². The van der Waals surface area contributed by atoms with Crippen LogP contribution in [0, 0.1) is 0 Å². The lowest BCUT2D eigenvalue weighted by molar-refractivity contribution is 0.171. The van der Waals surface area contributed by atoms with E-state index in [1.807, 2.05) is 13.8 Å². The molecule has 3 rings (SSSR count). The first-order chi connectivity index (χ1) is 12.8. The first-order valence-electron chi connectivity index (χ1n) is 8.43. The van der Waals surface area contributed by atoms with Gasteiger partial charge in [-0.2, -0.15) is 0 Å². The van der Waals surface area contributed by atoms with E-state index in [4.69, 9.17) is 21.7 Å². The van der Waals surface area contributed by atoms with Crippen LogP contribution in [0.2, 0.25) is 0 Å². The van der Waals surface area contributed by atoms with Gasteiger partial charge in [0.05, 0.1) is 4.90 Å². The van der Waals surface area contributed by atoms with Gasteiger partial charge in [0.25, 0.3) is 10.0 Å². The average Bonchev–Trinajstić information content (AvgIpc) is 2.62. The zero-order valence-corrected chi connectivity index (χ0v) is 16.6. The van der Waals surface area contributed by atoms with E-state index in [0.717, 1.165) is 5.69 Å². The summed E-state index contributed by atoms with van der Waals surface area (Å²) in [5.74, 6) is 0.969. The zero-order chi connectivity index (χ0) is 19.4. The minimum absolute atomic E-state index is 0.108. The smallest absolute Gasteiger partial charge is 0.262 e. The number of fused-ring (bicyclic) bond motifs is 1. The van der Waals surface area contributed by atoms with Gasteiger partial charge in [0.2, 0.25) is 0 Å². The number of anilines is 2. The molecule has 0 saturated carbocycles. The Kier molecular flexibility index (Phi) is 5.71. The second kappa shape index (κ2) is 8.01. The Morgan fingerprint density at radius 1 is 1.00 bits per heavy atom. The van der Waals surface area contributed by atoms with E-state index >= 15 is 0 Å². The molecule has 0 spiro atoms. The molecule has 9 heteroatoms. The summed E-state index contributed by atoms with van der Waals surface area (Å²) in [6.45, 7) is 4.83. The Morgan fingerprint density at radius 2 is 1.63 bits per heavy atom. The van der Waals surface area contributed by atoms with Crippen molar-refractivity contribution in [3.63, 3.8) is 0 Å². The van der Waals surface area contributed by atoms with Crippen LogP contribution < -0.4 is 24.8 Å². The summed E-state index contributed by atoms with van der Waals surface area (Å²) in [5.41, 5.74) is 1.20. The number of hydrogen-bond donors (Lipinski definition) is 3. The molecule has 1 aliphatic rings. The second-order valence-corrected chi connectivity index (χ2v) is 8.33. The Labute approximate surface area is 164 Å². The molecule has 7 nitrogen and oxygen atoms in total. The van der Waals surface area contributed by atoms with Crippen molar-refractivity contribution in [2.24, 2.45) is 0 Å². The van der Waals surface area contributed by atoms with E-state index in [0.29, 0.717) is 35.5 Å². The van der Waals surface area contributed by atoms with E-state index in [1.54, 1.807) is 30.3 Å². The van der Waals surface area contributed by atoms with Gasteiger partial charge in [-0.25, -0.2) is 8.42 Å². The molecular weight excluding hydrogens is 386 g/mol. The van der Waals surface area contributed by atoms with E-state index in [-0.39, 0.29) is 10.9 Å². The molecule has 1 heterocycles. The largest absolute Gasteiger partial charge is 0.486 e. The Morgan fingerprint density at radius 3 is 2.30 bits per heavy atom. The number of sulfonamides is 1. The summed E-state index contributed by atoms with van der Waals surface area (Å²) in [4.78, 5) is 0.108. The third-order valence-corrected chi connectivity index (χ3v) is 5.24. The van der Waals surface area contributed by atoms with Crippen molar-refractivity contribution < 1.29 is 17.9 Å². The first-order valence-corrected chi connectivity index (χ1v) is 10.3. The zero-order valence-electron chi connectivity index (χ0n) is 15.0. The molecule has 2 aromatic rings. The monoisotopic (exact) mass is 407 g/mol. The van der Waals surface area contributed by atoms with Crippen LogP contribution in [0.15, 0.2) is 47.4 Å². The second-order valence-electron chi connectivity index (χ2n) is 6.24. The highest BCUT2D eigenvalue weighted by Crippen LogP contribution is 2.32. The van der Waals surface area contributed by atoms with Gasteiger partial charge in [0.15, 0.2) is 16.6 Å². The third-order valence-electron chi connectivity index (χ3n) is 3.64. The molecule has 0 fully saturated rings. The van der Waals surface area contributed by atoms with Gasteiger partial charge in [0.1, 0.15) is 13.2 Å². The summed E-state index contributed by atoms with van der Waals surface area (Å²) in [6, 6.07) is 11.6. The fraction of sp³-hybridized carbons (Fsp3) is 0.278. The number of nitrogens with one attached hydrogen (secondary N) is 3. The topological polar surface area (TPSA) is 88.7 Å². The van der Waals surface area contributed by atoms with Crippen molar-refractivity contribution in [2.75, 3.05) is 23.3 Å². The van der Waals surface area contributed by atoms with Crippen LogP contribution in [0.5, 0.6) is 11.5 Å². The van der Waals surface area contributed by atoms with Gasteiger partial charge in [-0.05, 0) is 62.5 Å². The molecule has 0 bridgehead atoms. The first kappa shape index (κ1) is 19.2. The number of thiocarbonyl (C=S) groups is 1. The van der Waals surface area contributed by atoms with E-state index in [1.165, 1.54) is 12.1 Å². The maximum Gasteiger partial charge on any atom is 0.262 e. The molecule has 2 aromatic carbocycles. The van der Waals surface area contributed by atoms with Crippen molar-refractivity contribution >= 4 is 38.7 Å². The number of rotatable bonds is 5. The highest BCUT2D eigenvalue weighted by atomic mass is 32.2. The van der Waals surface area contributed by atoms with Crippen molar-refractivity contribution in [3.8, 4) is 11.5 Å². The van der Waals surface area contributed by atoms with Gasteiger partial charge in [-0.1, -0.05) is 0 Å². The quantitative estimate of drug-likeness (QED) is 0.657. The van der Waals surface area contributed by atoms with Crippen molar-refractivity contribution in [1.82, 2.24) is 5.32 Å². The predicted octanol–water partition coefficient (Wildman–Crippen LogP) is 2.95. The molecule has 1 aliphatic heterocycles. The van der Waals surface area contributed by atoms with Crippen LogP contribution in [-0.2, 0) is 10.0 Å². The highest BCUT2D eigenvalue weighted by molar-refractivity contribution is 7.92. The van der Waals surface area contributed by atoms with E-state index in [9.17, 15) is 8.42 Å². The van der Waals surface area contributed by atoms with Crippen molar-refractivity contribution in [2.45, 2.75) is 24.8 Å². The normalized spacial score (nSPS) is 13.1. The number of benzene rings is 2. The van der Waals surface area contributed by atoms with E-state index in [2.05, 4.69) is 15.4 Å². The molecule has 0 atom stereocenters. The average molecular weight is 408 g/mol. The molecule has 0 unspecified atom stereocenters. The Bertz CT molecular complexity index is 928. The SMILES string of the molecule is CC(C)NC(=S)Nc1ccc(NS(=O)(=O)c2ccc3c(c2)OCCO3)cc1. The van der Waals surface area contributed by atoms with Crippen molar-refractivity contribution in [1.29, 1.82) is 0 Å². The van der Waals surface area contributed by atoms with E-state index < -0.39 is 10.0 Å². The summed E-state index contributed by atoms with van der Waals surface area (Å²) in [6.07, 6.45) is 0. The summed E-state index contributed by atoms with van der Waals surface area (Å²) in [7, 11) is -3.74. The Balaban J connectivity index is 1.70. The third kappa shape index (κ3) is 5.01. The highest BCUT2D eigenvalue weighted by Gasteiger charge is 2.19. The standard InChI is InChI=1S/C18H21N3O4S2/c1-12(2)19-18(26)20-13-3-5-14(6-4-13)21-27(22,23)15-7-8-16-17(11-15)25-10-9-24-16/h3-8,11-12,21H,9-10H2,1-2H3,(H2,19,20,26). The number of ether oxygens (including phenoxy) is 2. The van der Waals surface area contributed by atoms with Crippen LogP contribution in [0.1, 0.15) is 13.8 Å². The fourth-order valence-corrected chi connectivity index (χ4v) is 3.88. The molecular formula is C18H21N3O4S2. The Hall–Kier alpha value is -2.52. The predicted molar refractivity (Wildman–Crippen MR) is 109 cm³/mol. The molecule has 0 aromatic heterocycles. The van der Waals surface area contributed by atoms with Crippen LogP contribution in [-0.4, -0.2) is 32.8 Å². The molecule has 27 heavy (non-hydrogen) atoms. The summed E-state index contributed by atoms with van der Waals surface area (Å²) >= 11 is 5.19. The summed E-state index contributed by atoms with van der Waals surface area (Å²) in [5, 5.41) is 6.63.